The standard InChI is InChI=1S/C9H10N4O/c1-2-13-5-3-4-7(9(13)14)8-6-10-12-11-8/h3-6H,2H2,1H3,(H,10,11,12). The van der Waals surface area contributed by atoms with E-state index in [9.17, 15) is 4.79 Å². The first-order valence-corrected chi connectivity index (χ1v) is 4.38. The van der Waals surface area contributed by atoms with Gasteiger partial charge < -0.3 is 4.57 Å². The molecule has 2 aromatic rings. The van der Waals surface area contributed by atoms with Gasteiger partial charge in [-0.25, -0.2) is 0 Å². The van der Waals surface area contributed by atoms with Gasteiger partial charge in [0.1, 0.15) is 5.69 Å². The molecule has 2 aromatic heterocycles. The number of hydrogen-bond donors (Lipinski definition) is 1. The molecule has 0 spiro atoms. The monoisotopic (exact) mass is 190 g/mol. The molecule has 72 valence electrons. The van der Waals surface area contributed by atoms with Crippen LogP contribution in [0.4, 0.5) is 0 Å². The Balaban J connectivity index is 2.60. The van der Waals surface area contributed by atoms with E-state index in [-0.39, 0.29) is 5.56 Å². The number of nitrogens with zero attached hydrogens (tertiary/aromatic N) is 3. The van der Waals surface area contributed by atoms with Gasteiger partial charge in [0, 0.05) is 12.7 Å². The summed E-state index contributed by atoms with van der Waals surface area (Å²) in [7, 11) is 0. The summed E-state index contributed by atoms with van der Waals surface area (Å²) < 4.78 is 1.63. The van der Waals surface area contributed by atoms with E-state index < -0.39 is 0 Å². The van der Waals surface area contributed by atoms with E-state index in [0.717, 1.165) is 0 Å². The molecule has 0 aromatic carbocycles. The number of rotatable bonds is 2. The third kappa shape index (κ3) is 1.32. The van der Waals surface area contributed by atoms with Crippen molar-refractivity contribution >= 4 is 0 Å². The van der Waals surface area contributed by atoms with Crippen LogP contribution in [-0.4, -0.2) is 20.0 Å². The Kier molecular flexibility index (Phi) is 2.14. The van der Waals surface area contributed by atoms with Crippen molar-refractivity contribution in [2.75, 3.05) is 0 Å². The van der Waals surface area contributed by atoms with Gasteiger partial charge in [0.25, 0.3) is 5.56 Å². The minimum Gasteiger partial charge on any atom is -0.315 e. The zero-order chi connectivity index (χ0) is 9.97. The summed E-state index contributed by atoms with van der Waals surface area (Å²) in [6, 6.07) is 3.57. The normalized spacial score (nSPS) is 10.4. The molecule has 0 bridgehead atoms. The van der Waals surface area contributed by atoms with Crippen molar-refractivity contribution in [3.63, 3.8) is 0 Å². The molecule has 0 aliphatic heterocycles. The minimum absolute atomic E-state index is 0.0381. The van der Waals surface area contributed by atoms with Crippen LogP contribution in [-0.2, 0) is 6.54 Å². The largest absolute Gasteiger partial charge is 0.315 e. The highest BCUT2D eigenvalue weighted by atomic mass is 16.1. The van der Waals surface area contributed by atoms with E-state index in [1.54, 1.807) is 16.8 Å². The molecule has 0 saturated heterocycles. The zero-order valence-electron chi connectivity index (χ0n) is 7.77. The highest BCUT2D eigenvalue weighted by Gasteiger charge is 2.06. The highest BCUT2D eigenvalue weighted by Crippen LogP contribution is 2.08. The molecular weight excluding hydrogens is 180 g/mol. The molecule has 0 aliphatic carbocycles. The lowest BCUT2D eigenvalue weighted by atomic mass is 10.2. The summed E-state index contributed by atoms with van der Waals surface area (Å²) in [5.41, 5.74) is 1.12. The molecule has 0 atom stereocenters. The van der Waals surface area contributed by atoms with Crippen molar-refractivity contribution < 1.29 is 0 Å². The second kappa shape index (κ2) is 3.45. The third-order valence-electron chi connectivity index (χ3n) is 2.05. The molecule has 0 fully saturated rings. The Hall–Kier alpha value is -1.91. The second-order valence-corrected chi connectivity index (χ2v) is 2.87. The number of aromatic amines is 1. The quantitative estimate of drug-likeness (QED) is 0.756. The number of pyridine rings is 1. The molecule has 0 radical (unpaired) electrons. The van der Waals surface area contributed by atoms with E-state index in [2.05, 4.69) is 15.4 Å². The van der Waals surface area contributed by atoms with Gasteiger partial charge in [-0.05, 0) is 19.1 Å². The minimum atomic E-state index is -0.0381. The van der Waals surface area contributed by atoms with Gasteiger partial charge in [0.2, 0.25) is 0 Å². The summed E-state index contributed by atoms with van der Waals surface area (Å²) in [6.45, 7) is 2.58. The number of nitrogens with one attached hydrogen (secondary N) is 1. The van der Waals surface area contributed by atoms with Crippen LogP contribution in [0.25, 0.3) is 11.3 Å². The van der Waals surface area contributed by atoms with Crippen LogP contribution < -0.4 is 5.56 Å². The third-order valence-corrected chi connectivity index (χ3v) is 2.05. The maximum Gasteiger partial charge on any atom is 0.260 e. The first-order chi connectivity index (χ1) is 6.83. The first kappa shape index (κ1) is 8.68. The molecule has 2 rings (SSSR count). The lowest BCUT2D eigenvalue weighted by Crippen LogP contribution is -2.19. The van der Waals surface area contributed by atoms with Crippen LogP contribution in [0.1, 0.15) is 6.92 Å². The van der Waals surface area contributed by atoms with E-state index in [1.807, 2.05) is 13.0 Å². The van der Waals surface area contributed by atoms with Crippen LogP contribution >= 0.6 is 0 Å². The van der Waals surface area contributed by atoms with Gasteiger partial charge in [-0.15, -0.1) is 0 Å². The fourth-order valence-corrected chi connectivity index (χ4v) is 1.31. The van der Waals surface area contributed by atoms with E-state index in [4.69, 9.17) is 0 Å². The Labute approximate surface area is 80.4 Å². The molecule has 1 N–H and O–H groups in total. The van der Waals surface area contributed by atoms with Gasteiger partial charge in [-0.3, -0.25) is 4.79 Å². The molecule has 5 heteroatoms. The molecular formula is C9H10N4O. The molecule has 2 heterocycles. The number of aromatic nitrogens is 4. The second-order valence-electron chi connectivity index (χ2n) is 2.87. The Morgan fingerprint density at radius 2 is 2.43 bits per heavy atom. The summed E-state index contributed by atoms with van der Waals surface area (Å²) in [4.78, 5) is 11.8. The summed E-state index contributed by atoms with van der Waals surface area (Å²) in [5, 5.41) is 10.0. The molecule has 0 unspecified atom stereocenters. The lowest BCUT2D eigenvalue weighted by molar-refractivity contribution is 0.728. The van der Waals surface area contributed by atoms with Gasteiger partial charge in [-0.1, -0.05) is 0 Å². The predicted octanol–water partition coefficient (Wildman–Crippen LogP) is 0.653. The fourth-order valence-electron chi connectivity index (χ4n) is 1.31. The topological polar surface area (TPSA) is 63.6 Å². The maximum atomic E-state index is 11.8. The van der Waals surface area contributed by atoms with Gasteiger partial charge in [-0.2, -0.15) is 15.4 Å². The van der Waals surface area contributed by atoms with Crippen LogP contribution in [0.15, 0.2) is 29.3 Å². The lowest BCUT2D eigenvalue weighted by Gasteiger charge is -2.02. The number of aryl methyl sites for hydroxylation is 1. The Morgan fingerprint density at radius 3 is 3.07 bits per heavy atom. The van der Waals surface area contributed by atoms with Crippen LogP contribution in [0, 0.1) is 0 Å². The molecule has 5 nitrogen and oxygen atoms in total. The van der Waals surface area contributed by atoms with E-state index in [0.29, 0.717) is 17.8 Å². The first-order valence-electron chi connectivity index (χ1n) is 4.38. The van der Waals surface area contributed by atoms with Crippen molar-refractivity contribution in [3.05, 3.63) is 34.9 Å². The van der Waals surface area contributed by atoms with Crippen molar-refractivity contribution in [2.24, 2.45) is 0 Å². The molecule has 14 heavy (non-hydrogen) atoms. The van der Waals surface area contributed by atoms with Crippen LogP contribution in [0.5, 0.6) is 0 Å². The van der Waals surface area contributed by atoms with Crippen molar-refractivity contribution in [3.8, 4) is 11.3 Å². The molecule has 0 saturated carbocycles. The molecule has 0 amide bonds. The fraction of sp³-hybridized carbons (Fsp3) is 0.222. The molecule has 0 aliphatic rings. The van der Waals surface area contributed by atoms with Crippen molar-refractivity contribution in [1.82, 2.24) is 20.0 Å². The summed E-state index contributed by atoms with van der Waals surface area (Å²) in [5.74, 6) is 0. The summed E-state index contributed by atoms with van der Waals surface area (Å²) >= 11 is 0. The van der Waals surface area contributed by atoms with Gasteiger partial charge >= 0.3 is 0 Å². The Morgan fingerprint density at radius 1 is 1.57 bits per heavy atom. The number of H-pyrrole nitrogens is 1. The zero-order valence-corrected chi connectivity index (χ0v) is 7.77. The average Bonchev–Trinajstić information content (AvgIpc) is 2.71. The predicted molar refractivity (Wildman–Crippen MR) is 51.8 cm³/mol. The average molecular weight is 190 g/mol. The van der Waals surface area contributed by atoms with Crippen LogP contribution in [0.3, 0.4) is 0 Å². The van der Waals surface area contributed by atoms with E-state index in [1.165, 1.54) is 6.20 Å². The maximum absolute atomic E-state index is 11.8. The van der Waals surface area contributed by atoms with Crippen molar-refractivity contribution in [2.45, 2.75) is 13.5 Å². The van der Waals surface area contributed by atoms with Crippen molar-refractivity contribution in [1.29, 1.82) is 0 Å². The van der Waals surface area contributed by atoms with Crippen LogP contribution in [0.2, 0.25) is 0 Å². The van der Waals surface area contributed by atoms with Gasteiger partial charge in [0.15, 0.2) is 0 Å². The van der Waals surface area contributed by atoms with Gasteiger partial charge in [0.05, 0.1) is 11.8 Å². The Bertz CT molecular complexity index is 472. The smallest absolute Gasteiger partial charge is 0.260 e. The SMILES string of the molecule is CCn1cccc(-c2cn[nH]n2)c1=O. The highest BCUT2D eigenvalue weighted by molar-refractivity contribution is 5.55. The van der Waals surface area contributed by atoms with E-state index >= 15 is 0 Å². The number of hydrogen-bond acceptors (Lipinski definition) is 3. The summed E-state index contributed by atoms with van der Waals surface area (Å²) in [6.07, 6.45) is 3.29.